The van der Waals surface area contributed by atoms with E-state index in [1.54, 1.807) is 0 Å². The Balaban J connectivity index is 5.64. The van der Waals surface area contributed by atoms with Crippen LogP contribution in [0.25, 0.3) is 0 Å². The summed E-state index contributed by atoms with van der Waals surface area (Å²) in [6.45, 7) is 2.37. The molecule has 3 N–H and O–H groups in total. The summed E-state index contributed by atoms with van der Waals surface area (Å²) in [7, 11) is 0. The summed E-state index contributed by atoms with van der Waals surface area (Å²) in [4.78, 5) is 45.3. The Morgan fingerprint density at radius 1 is 0.824 bits per heavy atom. The lowest BCUT2D eigenvalue weighted by Crippen LogP contribution is -2.53. The lowest BCUT2D eigenvalue weighted by Gasteiger charge is -2.25. The highest BCUT2D eigenvalue weighted by molar-refractivity contribution is 6.36. The van der Waals surface area contributed by atoms with Crippen LogP contribution in [0.5, 0.6) is 0 Å². The Hall–Kier alpha value is -1.64. The van der Waals surface area contributed by atoms with E-state index in [0.717, 1.165) is 20.8 Å². The smallest absolute Gasteiger partial charge is 0.383 e. The molecule has 0 bridgehead atoms. The number of carbonyl (C=O) groups excluding carboxylic acids is 4. The van der Waals surface area contributed by atoms with E-state index >= 15 is 0 Å². The first-order valence-electron chi connectivity index (χ1n) is 4.40. The number of hydrogen-bond donors (Lipinski definition) is 3. The van der Waals surface area contributed by atoms with Crippen molar-refractivity contribution in [3.05, 3.63) is 0 Å². The van der Waals surface area contributed by atoms with Crippen molar-refractivity contribution >= 4 is 23.3 Å². The average molecular weight is 248 g/mol. The van der Waals surface area contributed by atoms with Crippen LogP contribution >= 0.6 is 0 Å². The molecule has 0 rings (SSSR count). The van der Waals surface area contributed by atoms with Crippen molar-refractivity contribution in [2.75, 3.05) is 0 Å². The molecule has 0 radical (unpaired) electrons. The zero-order chi connectivity index (χ0) is 14.0. The summed E-state index contributed by atoms with van der Waals surface area (Å²) in [6, 6.07) is 0. The molecule has 0 aliphatic heterocycles. The molecular formula is C9H12O8. The Morgan fingerprint density at radius 3 is 1.29 bits per heavy atom. The topological polar surface area (TPSA) is 138 Å². The highest BCUT2D eigenvalue weighted by Crippen LogP contribution is 2.25. The van der Waals surface area contributed by atoms with Gasteiger partial charge >= 0.3 is 12.1 Å². The monoisotopic (exact) mass is 248 g/mol. The molecule has 17 heavy (non-hydrogen) atoms. The quantitative estimate of drug-likeness (QED) is 0.285. The van der Waals surface area contributed by atoms with Gasteiger partial charge < -0.3 is 20.1 Å². The first kappa shape index (κ1) is 15.4. The van der Waals surface area contributed by atoms with Gasteiger partial charge in [-0.05, 0) is 20.8 Å². The molecule has 0 aromatic heterocycles. The van der Waals surface area contributed by atoms with Crippen LogP contribution in [0.3, 0.4) is 0 Å². The lowest BCUT2D eigenvalue weighted by atomic mass is 9.77. The number of hydrogen-bond acceptors (Lipinski definition) is 8. The fourth-order valence-electron chi connectivity index (χ4n) is 1.38. The SMILES string of the molecule is CC(=O)C(C(C)=O)(C(C)=O)C(=O)OC(O)(O)O. The molecule has 0 aromatic carbocycles. The Bertz CT molecular complexity index is 339. The summed E-state index contributed by atoms with van der Waals surface area (Å²) in [5, 5.41) is 25.3. The molecule has 0 heterocycles. The predicted molar refractivity (Wildman–Crippen MR) is 50.0 cm³/mol. The van der Waals surface area contributed by atoms with E-state index in [0.29, 0.717) is 0 Å². The van der Waals surface area contributed by atoms with Crippen LogP contribution in [0.15, 0.2) is 0 Å². The fraction of sp³-hybridized carbons (Fsp3) is 0.556. The molecule has 0 saturated carbocycles. The van der Waals surface area contributed by atoms with Gasteiger partial charge in [0.1, 0.15) is 0 Å². The highest BCUT2D eigenvalue weighted by Gasteiger charge is 2.56. The van der Waals surface area contributed by atoms with Gasteiger partial charge in [-0.1, -0.05) is 0 Å². The predicted octanol–water partition coefficient (Wildman–Crippen LogP) is -2.13. The third kappa shape index (κ3) is 2.93. The van der Waals surface area contributed by atoms with E-state index in [4.69, 9.17) is 15.3 Å². The standard InChI is InChI=1S/C9H12O8/c1-4(10)8(5(2)11,6(3)12)7(13)17-9(14,15)16/h14-16H,1-3H3. The highest BCUT2D eigenvalue weighted by atomic mass is 16.9. The maximum Gasteiger partial charge on any atom is 0.455 e. The van der Waals surface area contributed by atoms with Gasteiger partial charge in [-0.15, -0.1) is 0 Å². The number of ketones is 3. The van der Waals surface area contributed by atoms with Gasteiger partial charge in [0.05, 0.1) is 0 Å². The van der Waals surface area contributed by atoms with E-state index < -0.39 is 34.9 Å². The van der Waals surface area contributed by atoms with E-state index in [9.17, 15) is 19.2 Å². The molecule has 0 saturated heterocycles. The number of rotatable bonds is 5. The minimum absolute atomic E-state index is 0.790. The van der Waals surface area contributed by atoms with Gasteiger partial charge in [-0.2, -0.15) is 0 Å². The van der Waals surface area contributed by atoms with Crippen molar-refractivity contribution in [3.8, 4) is 0 Å². The van der Waals surface area contributed by atoms with Crippen LogP contribution in [0.2, 0.25) is 0 Å². The fourth-order valence-corrected chi connectivity index (χ4v) is 1.38. The molecular weight excluding hydrogens is 236 g/mol. The second-order valence-electron chi connectivity index (χ2n) is 3.38. The van der Waals surface area contributed by atoms with Crippen molar-refractivity contribution in [2.24, 2.45) is 5.41 Å². The third-order valence-corrected chi connectivity index (χ3v) is 2.12. The van der Waals surface area contributed by atoms with E-state index in [2.05, 4.69) is 4.74 Å². The maximum absolute atomic E-state index is 11.4. The Labute approximate surface area is 95.8 Å². The number of carbonyl (C=O) groups is 4. The van der Waals surface area contributed by atoms with Crippen molar-refractivity contribution in [1.29, 1.82) is 0 Å². The summed E-state index contributed by atoms with van der Waals surface area (Å²) in [6.07, 6.45) is -3.87. The molecule has 96 valence electrons. The maximum atomic E-state index is 11.4. The van der Waals surface area contributed by atoms with Gasteiger partial charge in [0.2, 0.25) is 5.41 Å². The number of esters is 1. The molecule has 0 aromatic rings. The summed E-state index contributed by atoms with van der Waals surface area (Å²) in [5.74, 6) is -5.29. The molecule has 0 aliphatic carbocycles. The second-order valence-corrected chi connectivity index (χ2v) is 3.38. The molecule has 8 nitrogen and oxygen atoms in total. The minimum atomic E-state index is -3.87. The summed E-state index contributed by atoms with van der Waals surface area (Å²) in [5.41, 5.74) is -2.79. The minimum Gasteiger partial charge on any atom is -0.383 e. The van der Waals surface area contributed by atoms with Crippen LogP contribution < -0.4 is 0 Å². The van der Waals surface area contributed by atoms with Gasteiger partial charge in [0, 0.05) is 0 Å². The van der Waals surface area contributed by atoms with Crippen LogP contribution in [-0.4, -0.2) is 44.8 Å². The van der Waals surface area contributed by atoms with Gasteiger partial charge in [0.25, 0.3) is 0 Å². The van der Waals surface area contributed by atoms with Gasteiger partial charge in [-0.25, -0.2) is 4.79 Å². The molecule has 0 amide bonds. The lowest BCUT2D eigenvalue weighted by molar-refractivity contribution is -0.436. The summed E-state index contributed by atoms with van der Waals surface area (Å²) < 4.78 is 3.65. The molecule has 0 spiro atoms. The third-order valence-electron chi connectivity index (χ3n) is 2.12. The zero-order valence-electron chi connectivity index (χ0n) is 9.38. The van der Waals surface area contributed by atoms with Crippen molar-refractivity contribution in [3.63, 3.8) is 0 Å². The summed E-state index contributed by atoms with van der Waals surface area (Å²) >= 11 is 0. The molecule has 8 heteroatoms. The largest absolute Gasteiger partial charge is 0.455 e. The van der Waals surface area contributed by atoms with E-state index in [-0.39, 0.29) is 0 Å². The number of Topliss-reactive ketones (excluding diaryl/α,β-unsaturated/α-hetero) is 3. The molecule has 0 unspecified atom stereocenters. The molecule has 0 atom stereocenters. The van der Waals surface area contributed by atoms with Gasteiger partial charge in [-0.3, -0.25) is 14.4 Å². The second kappa shape index (κ2) is 4.70. The first-order valence-corrected chi connectivity index (χ1v) is 4.40. The number of ether oxygens (including phenoxy) is 1. The van der Waals surface area contributed by atoms with Crippen LogP contribution in [0, 0.1) is 5.41 Å². The average Bonchev–Trinajstić information content (AvgIpc) is 1.97. The van der Waals surface area contributed by atoms with Crippen LogP contribution in [0.1, 0.15) is 20.8 Å². The van der Waals surface area contributed by atoms with E-state index in [1.807, 2.05) is 0 Å². The van der Waals surface area contributed by atoms with Crippen molar-refractivity contribution < 1.29 is 39.2 Å². The van der Waals surface area contributed by atoms with E-state index in [1.165, 1.54) is 0 Å². The Morgan fingerprint density at radius 2 is 1.12 bits per heavy atom. The molecule has 0 aliphatic rings. The first-order chi connectivity index (χ1) is 7.46. The number of aliphatic hydroxyl groups is 3. The van der Waals surface area contributed by atoms with Crippen molar-refractivity contribution in [2.45, 2.75) is 26.9 Å². The zero-order valence-corrected chi connectivity index (χ0v) is 9.38. The van der Waals surface area contributed by atoms with Crippen LogP contribution in [0.4, 0.5) is 0 Å². The van der Waals surface area contributed by atoms with Crippen LogP contribution in [-0.2, 0) is 23.9 Å². The molecule has 0 fully saturated rings. The van der Waals surface area contributed by atoms with Gasteiger partial charge in [0.15, 0.2) is 17.3 Å². The normalized spacial score (nSPS) is 11.9. The van der Waals surface area contributed by atoms with Crippen molar-refractivity contribution in [1.82, 2.24) is 0 Å². The Kier molecular flexibility index (Phi) is 4.24.